The first kappa shape index (κ1) is 37.7. The fourth-order valence-electron chi connectivity index (χ4n) is 3.72. The molecular weight excluding hydrogens is 598 g/mol. The molecular formula is C27H43N7O7S2. The van der Waals surface area contributed by atoms with Crippen LogP contribution in [0.5, 0.6) is 0 Å². The molecule has 0 fully saturated rings. The quantitative estimate of drug-likeness (QED) is 0.0599. The number of carboxylic acid groups (broad SMARTS) is 1. The highest BCUT2D eigenvalue weighted by molar-refractivity contribution is 7.80. The highest BCUT2D eigenvalue weighted by atomic mass is 32.1. The largest absolute Gasteiger partial charge is 0.480 e. The van der Waals surface area contributed by atoms with Gasteiger partial charge in [-0.15, -0.1) is 0 Å². The maximum Gasteiger partial charge on any atom is 0.327 e. The number of hydrogen-bond acceptors (Lipinski definition) is 10. The van der Waals surface area contributed by atoms with Crippen molar-refractivity contribution < 1.29 is 33.9 Å². The molecule has 0 spiro atoms. The van der Waals surface area contributed by atoms with Crippen LogP contribution in [0.15, 0.2) is 30.3 Å². The molecule has 0 heterocycles. The normalized spacial score (nSPS) is 15.0. The highest BCUT2D eigenvalue weighted by Gasteiger charge is 2.31. The van der Waals surface area contributed by atoms with Gasteiger partial charge in [-0.3, -0.25) is 24.0 Å². The number of carbonyl (C=O) groups excluding carboxylic acids is 5. The van der Waals surface area contributed by atoms with E-state index in [1.54, 1.807) is 30.3 Å². The monoisotopic (exact) mass is 641 g/mol. The number of nitrogens with two attached hydrogens (primary N) is 2. The first-order chi connectivity index (χ1) is 20.3. The lowest BCUT2D eigenvalue weighted by atomic mass is 10.0. The Bertz CT molecular complexity index is 1100. The van der Waals surface area contributed by atoms with Crippen LogP contribution in [-0.2, 0) is 35.2 Å². The second-order valence-corrected chi connectivity index (χ2v) is 10.7. The van der Waals surface area contributed by atoms with E-state index in [2.05, 4.69) is 51.8 Å². The predicted octanol–water partition coefficient (Wildman–Crippen LogP) is -1.91. The summed E-state index contributed by atoms with van der Waals surface area (Å²) in [5.41, 5.74) is 11.9. The number of aliphatic carboxylic acids is 1. The van der Waals surface area contributed by atoms with Crippen LogP contribution in [0.3, 0.4) is 0 Å². The number of unbranched alkanes of at least 4 members (excludes halogenated alkanes) is 1. The second-order valence-electron chi connectivity index (χ2n) is 9.93. The third-order valence-electron chi connectivity index (χ3n) is 6.33. The van der Waals surface area contributed by atoms with Crippen molar-refractivity contribution in [1.29, 1.82) is 0 Å². The number of rotatable bonds is 19. The Hall–Kier alpha value is -3.34. The van der Waals surface area contributed by atoms with Crippen molar-refractivity contribution in [3.05, 3.63) is 35.9 Å². The minimum absolute atomic E-state index is 0.0543. The zero-order valence-electron chi connectivity index (χ0n) is 24.2. The third kappa shape index (κ3) is 13.7. The van der Waals surface area contributed by atoms with Crippen LogP contribution in [-0.4, -0.2) is 94.9 Å². The lowest BCUT2D eigenvalue weighted by Gasteiger charge is -2.26. The van der Waals surface area contributed by atoms with Crippen molar-refractivity contribution in [3.8, 4) is 0 Å². The lowest BCUT2D eigenvalue weighted by molar-refractivity contribution is -0.141. The fraction of sp³-hybridized carbons (Fsp3) is 0.556. The van der Waals surface area contributed by atoms with Gasteiger partial charge in [0.25, 0.3) is 0 Å². The Morgan fingerprint density at radius 3 is 1.77 bits per heavy atom. The Balaban J connectivity index is 3.07. The van der Waals surface area contributed by atoms with Gasteiger partial charge in [-0.1, -0.05) is 30.3 Å². The average molecular weight is 642 g/mol. The molecule has 0 aromatic heterocycles. The van der Waals surface area contributed by atoms with Crippen molar-refractivity contribution in [2.24, 2.45) is 11.5 Å². The van der Waals surface area contributed by atoms with E-state index in [-0.39, 0.29) is 24.3 Å². The number of benzene rings is 1. The van der Waals surface area contributed by atoms with Crippen molar-refractivity contribution >= 4 is 60.8 Å². The van der Waals surface area contributed by atoms with Gasteiger partial charge in [-0.05, 0) is 45.2 Å². The summed E-state index contributed by atoms with van der Waals surface area (Å²) in [5, 5.41) is 21.8. The van der Waals surface area contributed by atoms with Gasteiger partial charge >= 0.3 is 5.97 Å². The van der Waals surface area contributed by atoms with Crippen LogP contribution in [0.2, 0.25) is 0 Å². The van der Waals surface area contributed by atoms with Crippen LogP contribution < -0.4 is 38.1 Å². The molecule has 0 radical (unpaired) electrons. The van der Waals surface area contributed by atoms with E-state index in [1.165, 1.54) is 13.8 Å². The van der Waals surface area contributed by atoms with E-state index in [1.807, 2.05) is 0 Å². The van der Waals surface area contributed by atoms with Crippen LogP contribution in [0.25, 0.3) is 0 Å². The zero-order chi connectivity index (χ0) is 32.5. The van der Waals surface area contributed by atoms with Crippen LogP contribution >= 0.6 is 25.3 Å². The summed E-state index contributed by atoms with van der Waals surface area (Å²) in [5.74, 6) is -4.70. The molecule has 1 aromatic carbocycles. The summed E-state index contributed by atoms with van der Waals surface area (Å²) in [4.78, 5) is 75.5. The number of carboxylic acids is 1. The molecule has 1 aromatic rings. The van der Waals surface area contributed by atoms with Crippen molar-refractivity contribution in [3.63, 3.8) is 0 Å². The van der Waals surface area contributed by atoms with Gasteiger partial charge in [0, 0.05) is 17.9 Å². The van der Waals surface area contributed by atoms with E-state index in [0.717, 1.165) is 0 Å². The standard InChI is InChI=1S/C27H43N7O7S2/c1-15(31-24(37)18(29)13-42)22(35)30-16(2)23(36)33-20(12-17-8-4-3-5-9-17)26(39)32-19(10-6-7-11-28)25(38)34-21(14-43)27(40)41/h3-5,8-9,15-16,18-21,42-43H,6-7,10-14,28-29H2,1-2H3,(H,30,35)(H,31,37)(H,32,39)(H,33,36)(H,34,38)(H,40,41)/t15?,16?,18?,19-,20?,21?/m1/s1. The van der Waals surface area contributed by atoms with Crippen LogP contribution in [0, 0.1) is 0 Å². The van der Waals surface area contributed by atoms with E-state index in [4.69, 9.17) is 11.5 Å². The minimum Gasteiger partial charge on any atom is -0.480 e. The molecule has 16 heteroatoms. The molecule has 1 rings (SSSR count). The van der Waals surface area contributed by atoms with E-state index >= 15 is 0 Å². The maximum absolute atomic E-state index is 13.5. The van der Waals surface area contributed by atoms with Gasteiger partial charge < -0.3 is 43.2 Å². The van der Waals surface area contributed by atoms with Gasteiger partial charge in [-0.2, -0.15) is 25.3 Å². The van der Waals surface area contributed by atoms with Gasteiger partial charge in [-0.25, -0.2) is 4.79 Å². The molecule has 0 bridgehead atoms. The SMILES string of the molecule is CC(NC(=O)C(N)CS)C(=O)NC(C)C(=O)NC(Cc1ccccc1)C(=O)N[C@H](CCCCN)C(=O)NC(CS)C(=O)O. The average Bonchev–Trinajstić information content (AvgIpc) is 2.98. The molecule has 0 saturated heterocycles. The molecule has 240 valence electrons. The Labute approximate surface area is 262 Å². The first-order valence-corrected chi connectivity index (χ1v) is 15.1. The van der Waals surface area contributed by atoms with E-state index in [0.29, 0.717) is 24.9 Å². The van der Waals surface area contributed by atoms with Crippen molar-refractivity contribution in [2.75, 3.05) is 18.1 Å². The number of nitrogens with one attached hydrogen (secondary N) is 5. The highest BCUT2D eigenvalue weighted by Crippen LogP contribution is 2.07. The molecule has 10 N–H and O–H groups in total. The van der Waals surface area contributed by atoms with Gasteiger partial charge in [0.15, 0.2) is 0 Å². The molecule has 0 aliphatic heterocycles. The van der Waals surface area contributed by atoms with E-state index < -0.39 is 71.8 Å². The summed E-state index contributed by atoms with van der Waals surface area (Å²) in [6.07, 6.45) is 1.26. The zero-order valence-corrected chi connectivity index (χ0v) is 26.0. The number of amides is 5. The second kappa shape index (κ2) is 19.8. The van der Waals surface area contributed by atoms with Crippen LogP contribution in [0.4, 0.5) is 0 Å². The summed E-state index contributed by atoms with van der Waals surface area (Å²) in [6, 6.07) is 2.26. The molecule has 5 unspecified atom stereocenters. The minimum atomic E-state index is -1.28. The molecule has 14 nitrogen and oxygen atoms in total. The van der Waals surface area contributed by atoms with Crippen molar-refractivity contribution in [1.82, 2.24) is 26.6 Å². The van der Waals surface area contributed by atoms with Gasteiger partial charge in [0.1, 0.15) is 30.2 Å². The summed E-state index contributed by atoms with van der Waals surface area (Å²) in [6.45, 7) is 3.19. The number of thiol groups is 2. The Morgan fingerprint density at radius 1 is 0.721 bits per heavy atom. The summed E-state index contributed by atoms with van der Waals surface area (Å²) >= 11 is 7.91. The molecule has 0 aliphatic carbocycles. The fourth-order valence-corrected chi connectivity index (χ4v) is 4.13. The number of hydrogen-bond donors (Lipinski definition) is 10. The van der Waals surface area contributed by atoms with Gasteiger partial charge in [0.05, 0.1) is 6.04 Å². The first-order valence-electron chi connectivity index (χ1n) is 13.8. The molecule has 0 aliphatic rings. The summed E-state index contributed by atoms with van der Waals surface area (Å²) in [7, 11) is 0. The third-order valence-corrected chi connectivity index (χ3v) is 7.09. The molecule has 6 atom stereocenters. The molecule has 0 saturated carbocycles. The Kier molecular flexibility index (Phi) is 17.3. The topological polar surface area (TPSA) is 235 Å². The van der Waals surface area contributed by atoms with Crippen LogP contribution in [0.1, 0.15) is 38.7 Å². The maximum atomic E-state index is 13.5. The smallest absolute Gasteiger partial charge is 0.327 e. The predicted molar refractivity (Wildman–Crippen MR) is 167 cm³/mol. The molecule has 43 heavy (non-hydrogen) atoms. The van der Waals surface area contributed by atoms with E-state index in [9.17, 15) is 33.9 Å². The molecule has 5 amide bonds. The Morgan fingerprint density at radius 2 is 1.23 bits per heavy atom. The van der Waals surface area contributed by atoms with Gasteiger partial charge in [0.2, 0.25) is 29.5 Å². The lowest BCUT2D eigenvalue weighted by Crippen LogP contribution is -2.59. The number of carbonyl (C=O) groups is 6. The summed E-state index contributed by atoms with van der Waals surface area (Å²) < 4.78 is 0. The van der Waals surface area contributed by atoms with Crippen molar-refractivity contribution in [2.45, 2.75) is 75.8 Å².